The van der Waals surface area contributed by atoms with Gasteiger partial charge in [-0.1, -0.05) is 0 Å². The normalized spacial score (nSPS) is 25.0. The Morgan fingerprint density at radius 3 is 2.46 bits per heavy atom. The lowest BCUT2D eigenvalue weighted by Gasteiger charge is -2.37. The van der Waals surface area contributed by atoms with Crippen LogP contribution in [0.2, 0.25) is 0 Å². The number of guanidine groups is 1. The molecular weight excluding hydrogens is 441 g/mol. The molecule has 7 heteroatoms. The number of piperidine rings is 1. The van der Waals surface area contributed by atoms with E-state index < -0.39 is 0 Å². The van der Waals surface area contributed by atoms with Crippen molar-refractivity contribution in [2.24, 2.45) is 4.99 Å². The van der Waals surface area contributed by atoms with Crippen molar-refractivity contribution in [3.63, 3.8) is 0 Å². The molecule has 0 aliphatic carbocycles. The van der Waals surface area contributed by atoms with E-state index in [1.807, 2.05) is 0 Å². The third-order valence-corrected chi connectivity index (χ3v) is 5.44. The smallest absolute Gasteiger partial charge is 0.191 e. The van der Waals surface area contributed by atoms with Crippen LogP contribution in [-0.2, 0) is 4.74 Å². The molecule has 2 unspecified atom stereocenters. The second kappa shape index (κ2) is 12.4. The van der Waals surface area contributed by atoms with Gasteiger partial charge in [-0.15, -0.1) is 24.0 Å². The molecule has 2 atom stereocenters. The van der Waals surface area contributed by atoms with Gasteiger partial charge in [-0.05, 0) is 47.5 Å². The van der Waals surface area contributed by atoms with Gasteiger partial charge in [0.15, 0.2) is 5.96 Å². The van der Waals surface area contributed by atoms with Crippen LogP contribution in [-0.4, -0.2) is 85.9 Å². The number of aliphatic imine (C=N–C) groups is 1. The van der Waals surface area contributed by atoms with Crippen LogP contribution in [0.1, 0.15) is 47.5 Å². The van der Waals surface area contributed by atoms with Crippen molar-refractivity contribution in [2.45, 2.75) is 71.6 Å². The largest absolute Gasteiger partial charge is 0.379 e. The Hall–Kier alpha value is -0.120. The van der Waals surface area contributed by atoms with E-state index in [0.717, 1.165) is 38.8 Å². The molecule has 2 heterocycles. The van der Waals surface area contributed by atoms with Crippen LogP contribution in [0.4, 0.5) is 0 Å². The number of ether oxygens (including phenoxy) is 1. The summed E-state index contributed by atoms with van der Waals surface area (Å²) in [5.74, 6) is 0.971. The molecule has 0 radical (unpaired) electrons. The van der Waals surface area contributed by atoms with Crippen LogP contribution >= 0.6 is 24.0 Å². The molecule has 2 fully saturated rings. The van der Waals surface area contributed by atoms with E-state index in [1.54, 1.807) is 0 Å². The zero-order valence-electron chi connectivity index (χ0n) is 17.3. The Bertz CT molecular complexity index is 413. The molecular formula is C19H40IN5O. The second-order valence-corrected chi connectivity index (χ2v) is 7.78. The third kappa shape index (κ3) is 7.48. The van der Waals surface area contributed by atoms with Crippen LogP contribution < -0.4 is 10.6 Å². The maximum atomic E-state index is 5.55. The fraction of sp³-hybridized carbons (Fsp3) is 0.947. The minimum absolute atomic E-state index is 0. The zero-order valence-corrected chi connectivity index (χ0v) is 19.7. The predicted octanol–water partition coefficient (Wildman–Crippen LogP) is 2.14. The molecule has 2 aliphatic rings. The molecule has 2 aliphatic heterocycles. The summed E-state index contributed by atoms with van der Waals surface area (Å²) >= 11 is 0. The van der Waals surface area contributed by atoms with Crippen LogP contribution in [0.5, 0.6) is 0 Å². The van der Waals surface area contributed by atoms with Crippen molar-refractivity contribution in [3.8, 4) is 0 Å². The standard InChI is InChI=1S/C19H39N5O.HI/c1-6-20-19(22-18-7-9-23(10-8-18)15(2)3)21-13-16(4)24-11-12-25-14-17(24)5;/h15-18H,6-14H2,1-5H3,(H2,20,21,22);1H. The highest BCUT2D eigenvalue weighted by atomic mass is 127. The second-order valence-electron chi connectivity index (χ2n) is 7.78. The first-order valence-electron chi connectivity index (χ1n) is 10.1. The number of morpholine rings is 1. The number of halogens is 1. The molecule has 6 nitrogen and oxygen atoms in total. The van der Waals surface area contributed by atoms with Crippen LogP contribution in [0.25, 0.3) is 0 Å². The Labute approximate surface area is 177 Å². The molecule has 0 aromatic rings. The first kappa shape index (κ1) is 23.9. The summed E-state index contributed by atoms with van der Waals surface area (Å²) in [4.78, 5) is 9.94. The van der Waals surface area contributed by atoms with Crippen molar-refractivity contribution in [3.05, 3.63) is 0 Å². The molecule has 0 aromatic heterocycles. The summed E-state index contributed by atoms with van der Waals surface area (Å²) in [5, 5.41) is 7.07. The summed E-state index contributed by atoms with van der Waals surface area (Å²) in [6.07, 6.45) is 2.39. The topological polar surface area (TPSA) is 52.1 Å². The lowest BCUT2D eigenvalue weighted by atomic mass is 10.0. The first-order chi connectivity index (χ1) is 12.0. The van der Waals surface area contributed by atoms with Crippen molar-refractivity contribution in [1.82, 2.24) is 20.4 Å². The highest BCUT2D eigenvalue weighted by Gasteiger charge is 2.24. The Morgan fingerprint density at radius 1 is 1.19 bits per heavy atom. The molecule has 154 valence electrons. The fourth-order valence-corrected chi connectivity index (χ4v) is 3.80. The monoisotopic (exact) mass is 481 g/mol. The van der Waals surface area contributed by atoms with Gasteiger partial charge in [-0.3, -0.25) is 9.89 Å². The predicted molar refractivity (Wildman–Crippen MR) is 121 cm³/mol. The summed E-state index contributed by atoms with van der Waals surface area (Å²) in [6, 6.07) is 2.11. The number of hydrogen-bond donors (Lipinski definition) is 2. The quantitative estimate of drug-likeness (QED) is 0.346. The van der Waals surface area contributed by atoms with Crippen molar-refractivity contribution >= 4 is 29.9 Å². The van der Waals surface area contributed by atoms with Gasteiger partial charge >= 0.3 is 0 Å². The van der Waals surface area contributed by atoms with Crippen molar-refractivity contribution in [2.75, 3.05) is 45.9 Å². The molecule has 0 amide bonds. The number of hydrogen-bond acceptors (Lipinski definition) is 4. The van der Waals surface area contributed by atoms with Gasteiger partial charge in [0.2, 0.25) is 0 Å². The SMILES string of the molecule is CCNC(=NCC(C)N1CCOCC1C)NC1CCN(C(C)C)CC1.I. The highest BCUT2D eigenvalue weighted by Crippen LogP contribution is 2.13. The third-order valence-electron chi connectivity index (χ3n) is 5.44. The number of likely N-dealkylation sites (tertiary alicyclic amines) is 1. The Kier molecular flexibility index (Phi) is 11.4. The Morgan fingerprint density at radius 2 is 1.88 bits per heavy atom. The van der Waals surface area contributed by atoms with Gasteiger partial charge in [-0.25, -0.2) is 0 Å². The molecule has 2 saturated heterocycles. The molecule has 26 heavy (non-hydrogen) atoms. The van der Waals surface area contributed by atoms with Gasteiger partial charge in [0, 0.05) is 50.3 Å². The van der Waals surface area contributed by atoms with Crippen molar-refractivity contribution in [1.29, 1.82) is 0 Å². The lowest BCUT2D eigenvalue weighted by molar-refractivity contribution is -0.0166. The molecule has 2 N–H and O–H groups in total. The maximum absolute atomic E-state index is 5.55. The lowest BCUT2D eigenvalue weighted by Crippen LogP contribution is -2.51. The number of nitrogens with zero attached hydrogens (tertiary/aromatic N) is 3. The first-order valence-corrected chi connectivity index (χ1v) is 10.1. The highest BCUT2D eigenvalue weighted by molar-refractivity contribution is 14.0. The van der Waals surface area contributed by atoms with Gasteiger partial charge in [0.1, 0.15) is 0 Å². The van der Waals surface area contributed by atoms with Crippen LogP contribution in [0.15, 0.2) is 4.99 Å². The van der Waals surface area contributed by atoms with Crippen LogP contribution in [0, 0.1) is 0 Å². The molecule has 0 bridgehead atoms. The van der Waals surface area contributed by atoms with E-state index in [1.165, 1.54) is 25.9 Å². The van der Waals surface area contributed by atoms with Crippen LogP contribution in [0.3, 0.4) is 0 Å². The minimum atomic E-state index is 0. The maximum Gasteiger partial charge on any atom is 0.191 e. The van der Waals surface area contributed by atoms with Gasteiger partial charge in [0.05, 0.1) is 19.8 Å². The summed E-state index contributed by atoms with van der Waals surface area (Å²) in [7, 11) is 0. The van der Waals surface area contributed by atoms with Crippen molar-refractivity contribution < 1.29 is 4.74 Å². The zero-order chi connectivity index (χ0) is 18.2. The number of nitrogens with one attached hydrogen (secondary N) is 2. The average Bonchev–Trinajstić information content (AvgIpc) is 2.60. The van der Waals surface area contributed by atoms with Gasteiger partial charge in [-0.2, -0.15) is 0 Å². The van der Waals surface area contributed by atoms with E-state index >= 15 is 0 Å². The van der Waals surface area contributed by atoms with E-state index in [9.17, 15) is 0 Å². The van der Waals surface area contributed by atoms with Gasteiger partial charge < -0.3 is 20.3 Å². The molecule has 2 rings (SSSR count). The summed E-state index contributed by atoms with van der Waals surface area (Å²) < 4.78 is 5.55. The summed E-state index contributed by atoms with van der Waals surface area (Å²) in [5.41, 5.74) is 0. The van der Waals surface area contributed by atoms with E-state index in [-0.39, 0.29) is 24.0 Å². The van der Waals surface area contributed by atoms with Gasteiger partial charge in [0.25, 0.3) is 0 Å². The molecule has 0 spiro atoms. The fourth-order valence-electron chi connectivity index (χ4n) is 3.80. The average molecular weight is 481 g/mol. The minimum Gasteiger partial charge on any atom is -0.379 e. The summed E-state index contributed by atoms with van der Waals surface area (Å²) in [6.45, 7) is 18.0. The van der Waals surface area contributed by atoms with E-state index in [4.69, 9.17) is 9.73 Å². The van der Waals surface area contributed by atoms with E-state index in [0.29, 0.717) is 24.2 Å². The molecule has 0 saturated carbocycles. The molecule has 0 aromatic carbocycles. The number of rotatable bonds is 6. The Balaban J connectivity index is 0.00000338. The van der Waals surface area contributed by atoms with E-state index in [2.05, 4.69) is 55.1 Å².